The first kappa shape index (κ1) is 14.1. The summed E-state index contributed by atoms with van der Waals surface area (Å²) in [7, 11) is 0. The van der Waals surface area contributed by atoms with E-state index in [1.807, 2.05) is 41.3 Å². The third-order valence-electron chi connectivity index (χ3n) is 4.41. The molecule has 0 unspecified atom stereocenters. The Kier molecular flexibility index (Phi) is 3.61. The van der Waals surface area contributed by atoms with Gasteiger partial charge in [0.2, 0.25) is 6.10 Å². The molecule has 1 amide bonds. The molecule has 0 bridgehead atoms. The van der Waals surface area contributed by atoms with Crippen LogP contribution in [-0.2, 0) is 4.79 Å². The highest BCUT2D eigenvalue weighted by molar-refractivity contribution is 5.82. The van der Waals surface area contributed by atoms with E-state index in [1.54, 1.807) is 12.4 Å². The van der Waals surface area contributed by atoms with Crippen LogP contribution in [0.1, 0.15) is 24.4 Å². The number of benzene rings is 1. The van der Waals surface area contributed by atoms with Crippen molar-refractivity contribution in [1.82, 2.24) is 9.88 Å². The van der Waals surface area contributed by atoms with Crippen LogP contribution in [0, 0.1) is 0 Å². The highest BCUT2D eigenvalue weighted by Crippen LogP contribution is 2.35. The van der Waals surface area contributed by atoms with E-state index < -0.39 is 6.10 Å². The van der Waals surface area contributed by atoms with E-state index in [-0.39, 0.29) is 18.6 Å². The Morgan fingerprint density at radius 2 is 1.91 bits per heavy atom. The average molecular weight is 310 g/mol. The number of carbonyl (C=O) groups excluding carboxylic acids is 1. The lowest BCUT2D eigenvalue weighted by Crippen LogP contribution is -2.46. The van der Waals surface area contributed by atoms with E-state index >= 15 is 0 Å². The Balaban J connectivity index is 1.53. The minimum atomic E-state index is -0.577. The number of likely N-dealkylation sites (tertiary alicyclic amines) is 1. The molecule has 2 atom stereocenters. The van der Waals surface area contributed by atoms with Crippen LogP contribution in [0.2, 0.25) is 0 Å². The molecule has 118 valence electrons. The van der Waals surface area contributed by atoms with Crippen molar-refractivity contribution in [2.45, 2.75) is 25.0 Å². The molecule has 1 fully saturated rings. The zero-order chi connectivity index (χ0) is 15.6. The van der Waals surface area contributed by atoms with Crippen LogP contribution in [0.5, 0.6) is 11.5 Å². The van der Waals surface area contributed by atoms with Gasteiger partial charge in [-0.2, -0.15) is 0 Å². The molecule has 0 radical (unpaired) electrons. The molecule has 5 nitrogen and oxygen atoms in total. The molecular weight excluding hydrogens is 292 g/mol. The van der Waals surface area contributed by atoms with Crippen molar-refractivity contribution < 1.29 is 14.3 Å². The molecule has 4 rings (SSSR count). The summed E-state index contributed by atoms with van der Waals surface area (Å²) in [5, 5.41) is 0. The van der Waals surface area contributed by atoms with Crippen LogP contribution in [0.3, 0.4) is 0 Å². The standard InChI is InChI=1S/C18H18N2O3/c21-18(17-12-22-15-5-1-2-6-16(15)23-17)20-11-3-4-14(20)13-7-9-19-10-8-13/h1-2,5-10,14,17H,3-4,11-12H2/t14-,17+/m1/s1. The summed E-state index contributed by atoms with van der Waals surface area (Å²) in [6, 6.07) is 11.5. The van der Waals surface area contributed by atoms with Crippen LogP contribution < -0.4 is 9.47 Å². The molecule has 3 heterocycles. The number of ether oxygens (including phenoxy) is 2. The summed E-state index contributed by atoms with van der Waals surface area (Å²) in [6.07, 6.45) is 4.94. The van der Waals surface area contributed by atoms with E-state index in [9.17, 15) is 4.79 Å². The van der Waals surface area contributed by atoms with Gasteiger partial charge in [-0.25, -0.2) is 0 Å². The van der Waals surface area contributed by atoms with E-state index in [1.165, 1.54) is 0 Å². The van der Waals surface area contributed by atoms with E-state index in [0.29, 0.717) is 11.5 Å². The lowest BCUT2D eigenvalue weighted by atomic mass is 10.1. The highest BCUT2D eigenvalue weighted by atomic mass is 16.6. The summed E-state index contributed by atoms with van der Waals surface area (Å²) in [5.74, 6) is 1.33. The predicted molar refractivity (Wildman–Crippen MR) is 84.3 cm³/mol. The Morgan fingerprint density at radius 3 is 2.74 bits per heavy atom. The van der Waals surface area contributed by atoms with Gasteiger partial charge >= 0.3 is 0 Å². The summed E-state index contributed by atoms with van der Waals surface area (Å²) < 4.78 is 11.5. The van der Waals surface area contributed by atoms with Crippen molar-refractivity contribution >= 4 is 5.91 Å². The second-order valence-electron chi connectivity index (χ2n) is 5.83. The third kappa shape index (κ3) is 2.63. The number of hydrogen-bond donors (Lipinski definition) is 0. The first-order valence-corrected chi connectivity index (χ1v) is 7.92. The van der Waals surface area contributed by atoms with Gasteiger partial charge in [-0.15, -0.1) is 0 Å². The molecule has 0 N–H and O–H groups in total. The summed E-state index contributed by atoms with van der Waals surface area (Å²) in [4.78, 5) is 18.9. The number of amides is 1. The maximum atomic E-state index is 12.9. The second kappa shape index (κ2) is 5.91. The van der Waals surface area contributed by atoms with Gasteiger partial charge in [-0.05, 0) is 42.7 Å². The Morgan fingerprint density at radius 1 is 1.13 bits per heavy atom. The van der Waals surface area contributed by atoms with Gasteiger partial charge in [-0.3, -0.25) is 9.78 Å². The van der Waals surface area contributed by atoms with Crippen molar-refractivity contribution in [3.8, 4) is 11.5 Å². The summed E-state index contributed by atoms with van der Waals surface area (Å²) in [6.45, 7) is 1.02. The Hall–Kier alpha value is -2.56. The van der Waals surface area contributed by atoms with Gasteiger partial charge < -0.3 is 14.4 Å². The van der Waals surface area contributed by atoms with E-state index in [0.717, 1.165) is 24.9 Å². The topological polar surface area (TPSA) is 51.7 Å². The minimum absolute atomic E-state index is 0.00110. The number of hydrogen-bond acceptors (Lipinski definition) is 4. The summed E-state index contributed by atoms with van der Waals surface area (Å²) >= 11 is 0. The molecule has 5 heteroatoms. The third-order valence-corrected chi connectivity index (χ3v) is 4.41. The van der Waals surface area contributed by atoms with Gasteiger partial charge in [0.05, 0.1) is 6.04 Å². The van der Waals surface area contributed by atoms with Crippen molar-refractivity contribution in [3.05, 3.63) is 54.4 Å². The molecule has 2 aromatic rings. The van der Waals surface area contributed by atoms with E-state index in [4.69, 9.17) is 9.47 Å². The zero-order valence-corrected chi connectivity index (χ0v) is 12.7. The molecule has 0 spiro atoms. The first-order chi connectivity index (χ1) is 11.3. The molecule has 0 aliphatic carbocycles. The normalized spacial score (nSPS) is 22.9. The summed E-state index contributed by atoms with van der Waals surface area (Å²) in [5.41, 5.74) is 1.13. The second-order valence-corrected chi connectivity index (χ2v) is 5.83. The maximum Gasteiger partial charge on any atom is 0.267 e. The number of aromatic nitrogens is 1. The Bertz CT molecular complexity index is 704. The molecule has 0 saturated carbocycles. The predicted octanol–water partition coefficient (Wildman–Crippen LogP) is 2.59. The Labute approximate surface area is 134 Å². The number of nitrogens with zero attached hydrogens (tertiary/aromatic N) is 2. The average Bonchev–Trinajstić information content (AvgIpc) is 3.11. The lowest BCUT2D eigenvalue weighted by Gasteiger charge is -2.31. The zero-order valence-electron chi connectivity index (χ0n) is 12.7. The monoisotopic (exact) mass is 310 g/mol. The molecule has 2 aliphatic heterocycles. The number of para-hydroxylation sites is 2. The maximum absolute atomic E-state index is 12.9. The van der Waals surface area contributed by atoms with Gasteiger partial charge in [0.15, 0.2) is 11.5 Å². The van der Waals surface area contributed by atoms with Gasteiger partial charge in [0.1, 0.15) is 6.61 Å². The molecule has 2 aliphatic rings. The van der Waals surface area contributed by atoms with Crippen LogP contribution in [0.4, 0.5) is 0 Å². The van der Waals surface area contributed by atoms with Crippen LogP contribution in [0.15, 0.2) is 48.8 Å². The fourth-order valence-corrected chi connectivity index (χ4v) is 3.29. The fourth-order valence-electron chi connectivity index (χ4n) is 3.29. The quantitative estimate of drug-likeness (QED) is 0.855. The van der Waals surface area contributed by atoms with E-state index in [2.05, 4.69) is 4.98 Å². The molecule has 1 aromatic carbocycles. The van der Waals surface area contributed by atoms with Crippen LogP contribution >= 0.6 is 0 Å². The number of pyridine rings is 1. The SMILES string of the molecule is O=C([C@@H]1COc2ccccc2O1)N1CCC[C@@H]1c1ccncc1. The van der Waals surface area contributed by atoms with Crippen molar-refractivity contribution in [2.24, 2.45) is 0 Å². The number of rotatable bonds is 2. The first-order valence-electron chi connectivity index (χ1n) is 7.92. The van der Waals surface area contributed by atoms with Gasteiger partial charge in [-0.1, -0.05) is 12.1 Å². The van der Waals surface area contributed by atoms with Crippen LogP contribution in [0.25, 0.3) is 0 Å². The number of carbonyl (C=O) groups is 1. The van der Waals surface area contributed by atoms with Crippen LogP contribution in [-0.4, -0.2) is 35.0 Å². The number of fused-ring (bicyclic) bond motifs is 1. The molecule has 23 heavy (non-hydrogen) atoms. The molecular formula is C18H18N2O3. The highest BCUT2D eigenvalue weighted by Gasteiger charge is 2.37. The van der Waals surface area contributed by atoms with Gasteiger partial charge in [0.25, 0.3) is 5.91 Å². The fraction of sp³-hybridized carbons (Fsp3) is 0.333. The van der Waals surface area contributed by atoms with Crippen molar-refractivity contribution in [2.75, 3.05) is 13.2 Å². The largest absolute Gasteiger partial charge is 0.485 e. The molecule has 1 aromatic heterocycles. The van der Waals surface area contributed by atoms with Gasteiger partial charge in [0, 0.05) is 18.9 Å². The van der Waals surface area contributed by atoms with Crippen molar-refractivity contribution in [3.63, 3.8) is 0 Å². The lowest BCUT2D eigenvalue weighted by molar-refractivity contribution is -0.142. The smallest absolute Gasteiger partial charge is 0.267 e. The molecule has 1 saturated heterocycles. The van der Waals surface area contributed by atoms with Crippen molar-refractivity contribution in [1.29, 1.82) is 0 Å². The minimum Gasteiger partial charge on any atom is -0.485 e.